The van der Waals surface area contributed by atoms with Crippen LogP contribution < -0.4 is 5.32 Å². The van der Waals surface area contributed by atoms with Crippen LogP contribution in [0.1, 0.15) is 31.7 Å². The van der Waals surface area contributed by atoms with Crippen LogP contribution in [-0.2, 0) is 16.4 Å². The lowest BCUT2D eigenvalue weighted by molar-refractivity contribution is 0.594. The zero-order valence-electron chi connectivity index (χ0n) is 10.5. The van der Waals surface area contributed by atoms with Gasteiger partial charge in [-0.3, -0.25) is 0 Å². The van der Waals surface area contributed by atoms with Crippen molar-refractivity contribution in [2.75, 3.05) is 11.1 Å². The first-order chi connectivity index (χ1) is 8.61. The molecule has 0 saturated heterocycles. The van der Waals surface area contributed by atoms with E-state index < -0.39 is 10.0 Å². The van der Waals surface area contributed by atoms with E-state index in [1.807, 2.05) is 31.2 Å². The topological polar surface area (TPSA) is 58.5 Å². The van der Waals surface area contributed by atoms with Gasteiger partial charge < -0.3 is 5.32 Å². The number of unbranched alkanes of at least 4 members (excludes halogenated alkanes) is 1. The molecule has 1 heterocycles. The molecule has 0 bridgehead atoms. The first kappa shape index (κ1) is 13.1. The van der Waals surface area contributed by atoms with Gasteiger partial charge in [0.1, 0.15) is 5.84 Å². The lowest BCUT2D eigenvalue weighted by atomic mass is 10.0. The number of anilines is 1. The van der Waals surface area contributed by atoms with Gasteiger partial charge in [-0.2, -0.15) is 4.40 Å². The largest absolute Gasteiger partial charge is 0.343 e. The Morgan fingerprint density at radius 1 is 1.28 bits per heavy atom. The standard InChI is InChI=1S/C13H18N2O2S/c1-2-3-10-18(16,17)15-13-9-8-11-6-4-5-7-12(11)14-13/h4-7H,2-3,8-10H2,1H3,(H,14,15). The Morgan fingerprint density at radius 2 is 2.06 bits per heavy atom. The number of hydrogen-bond acceptors (Lipinski definition) is 2. The highest BCUT2D eigenvalue weighted by Gasteiger charge is 2.16. The molecule has 0 radical (unpaired) electrons. The fourth-order valence-electron chi connectivity index (χ4n) is 1.94. The quantitative estimate of drug-likeness (QED) is 0.911. The number of sulfonamides is 1. The molecule has 5 heteroatoms. The molecule has 0 spiro atoms. The second-order valence-electron chi connectivity index (χ2n) is 4.46. The molecule has 1 aromatic rings. The Hall–Kier alpha value is -1.36. The fourth-order valence-corrected chi connectivity index (χ4v) is 3.16. The van der Waals surface area contributed by atoms with Crippen LogP contribution in [0.25, 0.3) is 0 Å². The molecule has 4 nitrogen and oxygen atoms in total. The number of aryl methyl sites for hydroxylation is 1. The summed E-state index contributed by atoms with van der Waals surface area (Å²) in [5.41, 5.74) is 2.18. The number of amidine groups is 1. The highest BCUT2D eigenvalue weighted by atomic mass is 32.2. The molecule has 18 heavy (non-hydrogen) atoms. The van der Waals surface area contributed by atoms with Crippen LogP contribution in [0.3, 0.4) is 0 Å². The Kier molecular flexibility index (Phi) is 4.01. The maximum absolute atomic E-state index is 11.7. The van der Waals surface area contributed by atoms with Crippen molar-refractivity contribution in [1.29, 1.82) is 0 Å². The number of rotatable bonds is 4. The average Bonchev–Trinajstić information content (AvgIpc) is 2.36. The first-order valence-corrected chi connectivity index (χ1v) is 7.88. The van der Waals surface area contributed by atoms with Crippen LogP contribution in [0.15, 0.2) is 28.7 Å². The normalized spacial score (nSPS) is 17.3. The molecule has 0 amide bonds. The van der Waals surface area contributed by atoms with Crippen molar-refractivity contribution in [2.24, 2.45) is 4.40 Å². The van der Waals surface area contributed by atoms with Crippen LogP contribution in [0, 0.1) is 0 Å². The number of para-hydroxylation sites is 1. The predicted octanol–water partition coefficient (Wildman–Crippen LogP) is 2.57. The van der Waals surface area contributed by atoms with Gasteiger partial charge >= 0.3 is 0 Å². The van der Waals surface area contributed by atoms with Gasteiger partial charge in [0, 0.05) is 12.1 Å². The molecule has 1 N–H and O–H groups in total. The molecule has 0 unspecified atom stereocenters. The predicted molar refractivity (Wildman–Crippen MR) is 74.5 cm³/mol. The SMILES string of the molecule is CCCCS(=O)(=O)N=C1CCc2ccccc2N1. The van der Waals surface area contributed by atoms with Crippen LogP contribution >= 0.6 is 0 Å². The summed E-state index contributed by atoms with van der Waals surface area (Å²) in [6, 6.07) is 7.91. The van der Waals surface area contributed by atoms with Gasteiger partial charge in [-0.1, -0.05) is 31.5 Å². The second kappa shape index (κ2) is 5.52. The van der Waals surface area contributed by atoms with E-state index in [1.54, 1.807) is 0 Å². The highest BCUT2D eigenvalue weighted by Crippen LogP contribution is 2.22. The lowest BCUT2D eigenvalue weighted by Gasteiger charge is -2.19. The Balaban J connectivity index is 2.13. The third-order valence-electron chi connectivity index (χ3n) is 2.93. The summed E-state index contributed by atoms with van der Waals surface area (Å²) in [6.07, 6.45) is 3.02. The van der Waals surface area contributed by atoms with E-state index in [4.69, 9.17) is 0 Å². The minimum absolute atomic E-state index is 0.135. The second-order valence-corrected chi connectivity index (χ2v) is 6.21. The minimum Gasteiger partial charge on any atom is -0.343 e. The fraction of sp³-hybridized carbons (Fsp3) is 0.462. The Morgan fingerprint density at radius 3 is 2.83 bits per heavy atom. The maximum Gasteiger partial charge on any atom is 0.254 e. The molecule has 0 aliphatic carbocycles. The van der Waals surface area contributed by atoms with Crippen LogP contribution in [0.2, 0.25) is 0 Å². The molecule has 2 rings (SSSR count). The lowest BCUT2D eigenvalue weighted by Crippen LogP contribution is -2.21. The summed E-state index contributed by atoms with van der Waals surface area (Å²) in [6.45, 7) is 1.97. The van der Waals surface area contributed by atoms with Crippen molar-refractivity contribution in [1.82, 2.24) is 0 Å². The van der Waals surface area contributed by atoms with E-state index in [0.717, 1.165) is 18.5 Å². The molecule has 0 atom stereocenters. The van der Waals surface area contributed by atoms with Crippen LogP contribution in [0.5, 0.6) is 0 Å². The average molecular weight is 266 g/mol. The van der Waals surface area contributed by atoms with E-state index in [1.165, 1.54) is 5.56 Å². The Labute approximate surface area is 108 Å². The number of fused-ring (bicyclic) bond motifs is 1. The summed E-state index contributed by atoms with van der Waals surface area (Å²) in [7, 11) is -3.32. The molecule has 1 aliphatic rings. The van der Waals surface area contributed by atoms with Crippen molar-refractivity contribution in [2.45, 2.75) is 32.6 Å². The van der Waals surface area contributed by atoms with Gasteiger partial charge in [0.25, 0.3) is 10.0 Å². The molecule has 0 saturated carbocycles. The number of nitrogens with zero attached hydrogens (tertiary/aromatic N) is 1. The van der Waals surface area contributed by atoms with Gasteiger partial charge in [-0.05, 0) is 24.5 Å². The molecule has 1 aliphatic heterocycles. The van der Waals surface area contributed by atoms with Crippen LogP contribution in [-0.4, -0.2) is 20.0 Å². The monoisotopic (exact) mass is 266 g/mol. The Bertz CT molecular complexity index is 550. The smallest absolute Gasteiger partial charge is 0.254 e. The third kappa shape index (κ3) is 3.32. The van der Waals surface area contributed by atoms with Crippen molar-refractivity contribution < 1.29 is 8.42 Å². The van der Waals surface area contributed by atoms with Gasteiger partial charge in [-0.25, -0.2) is 8.42 Å². The third-order valence-corrected chi connectivity index (χ3v) is 4.24. The van der Waals surface area contributed by atoms with Gasteiger partial charge in [0.2, 0.25) is 0 Å². The summed E-state index contributed by atoms with van der Waals surface area (Å²) in [5.74, 6) is 0.695. The molecular weight excluding hydrogens is 248 g/mol. The van der Waals surface area contributed by atoms with Gasteiger partial charge in [0.15, 0.2) is 0 Å². The maximum atomic E-state index is 11.7. The molecule has 1 aromatic carbocycles. The number of hydrogen-bond donors (Lipinski definition) is 1. The van der Waals surface area contributed by atoms with Crippen molar-refractivity contribution in [3.8, 4) is 0 Å². The summed E-state index contributed by atoms with van der Waals surface area (Å²) < 4.78 is 27.4. The van der Waals surface area contributed by atoms with Crippen LogP contribution in [0.4, 0.5) is 5.69 Å². The first-order valence-electron chi connectivity index (χ1n) is 6.27. The minimum atomic E-state index is -3.32. The van der Waals surface area contributed by atoms with Crippen molar-refractivity contribution in [3.63, 3.8) is 0 Å². The zero-order valence-corrected chi connectivity index (χ0v) is 11.3. The number of nitrogens with one attached hydrogen (secondary N) is 1. The van der Waals surface area contributed by atoms with E-state index >= 15 is 0 Å². The van der Waals surface area contributed by atoms with Gasteiger partial charge in [0.05, 0.1) is 5.75 Å². The molecule has 98 valence electrons. The van der Waals surface area contributed by atoms with Crippen molar-refractivity contribution >= 4 is 21.5 Å². The van der Waals surface area contributed by atoms with Gasteiger partial charge in [-0.15, -0.1) is 0 Å². The molecule has 0 fully saturated rings. The summed E-state index contributed by atoms with van der Waals surface area (Å²) >= 11 is 0. The van der Waals surface area contributed by atoms with E-state index in [2.05, 4.69) is 9.71 Å². The number of benzene rings is 1. The summed E-state index contributed by atoms with van der Waals surface area (Å²) in [5, 5.41) is 3.10. The summed E-state index contributed by atoms with van der Waals surface area (Å²) in [4.78, 5) is 0. The molecular formula is C13H18N2O2S. The zero-order chi connectivity index (χ0) is 13.0. The molecule has 0 aromatic heterocycles. The van der Waals surface area contributed by atoms with E-state index in [-0.39, 0.29) is 5.75 Å². The van der Waals surface area contributed by atoms with E-state index in [9.17, 15) is 8.42 Å². The van der Waals surface area contributed by atoms with Crippen molar-refractivity contribution in [3.05, 3.63) is 29.8 Å². The highest BCUT2D eigenvalue weighted by molar-refractivity contribution is 7.90. The van der Waals surface area contributed by atoms with E-state index in [0.29, 0.717) is 18.7 Å².